The first-order valence-electron chi connectivity index (χ1n) is 6.47. The fraction of sp³-hybridized carbons (Fsp3) is 0.400. The van der Waals surface area contributed by atoms with E-state index in [-0.39, 0.29) is 0 Å². The number of oxazole rings is 1. The van der Waals surface area contributed by atoms with Gasteiger partial charge in [-0.1, -0.05) is 17.2 Å². The Labute approximate surface area is 107 Å². The minimum atomic E-state index is 0.689. The fourth-order valence-electron chi connectivity index (χ4n) is 2.26. The molecule has 0 aliphatic heterocycles. The average molecular weight is 242 g/mol. The van der Waals surface area contributed by atoms with Crippen molar-refractivity contribution in [2.45, 2.75) is 39.3 Å². The molecule has 1 fully saturated rings. The maximum Gasteiger partial charge on any atom is 0.181 e. The highest BCUT2D eigenvalue weighted by Crippen LogP contribution is 2.26. The minimum Gasteiger partial charge on any atom is -0.443 e. The summed E-state index contributed by atoms with van der Waals surface area (Å²) in [5.41, 5.74) is 4.63. The van der Waals surface area contributed by atoms with E-state index in [1.807, 2.05) is 0 Å². The molecule has 1 aliphatic carbocycles. The van der Waals surface area contributed by atoms with Gasteiger partial charge in [0.2, 0.25) is 0 Å². The van der Waals surface area contributed by atoms with E-state index in [2.05, 4.69) is 42.3 Å². The molecule has 3 rings (SSSR count). The Morgan fingerprint density at radius 1 is 1.22 bits per heavy atom. The minimum absolute atomic E-state index is 0.689. The van der Waals surface area contributed by atoms with E-state index in [1.165, 1.54) is 30.4 Å². The molecule has 94 valence electrons. The highest BCUT2D eigenvalue weighted by atomic mass is 16.3. The lowest BCUT2D eigenvalue weighted by Crippen LogP contribution is -2.15. The molecule has 1 heterocycles. The summed E-state index contributed by atoms with van der Waals surface area (Å²) in [4.78, 5) is 4.32. The molecule has 1 saturated carbocycles. The monoisotopic (exact) mass is 242 g/mol. The molecule has 2 aromatic rings. The van der Waals surface area contributed by atoms with E-state index < -0.39 is 0 Å². The van der Waals surface area contributed by atoms with E-state index in [0.717, 1.165) is 23.6 Å². The Morgan fingerprint density at radius 2 is 1.94 bits per heavy atom. The normalized spacial score (nSPS) is 15.0. The van der Waals surface area contributed by atoms with E-state index in [0.29, 0.717) is 6.04 Å². The SMILES string of the molecule is Cc1cc(C)cc(-c2ocnc2CNC2CC2)c1. The molecule has 1 N–H and O–H groups in total. The maximum absolute atomic E-state index is 5.56. The van der Waals surface area contributed by atoms with Gasteiger partial charge in [0.25, 0.3) is 0 Å². The number of hydrogen-bond acceptors (Lipinski definition) is 3. The smallest absolute Gasteiger partial charge is 0.181 e. The molecule has 1 aromatic heterocycles. The zero-order chi connectivity index (χ0) is 12.5. The summed E-state index contributed by atoms with van der Waals surface area (Å²) in [5, 5.41) is 3.48. The molecule has 3 heteroatoms. The van der Waals surface area contributed by atoms with Crippen molar-refractivity contribution in [3.8, 4) is 11.3 Å². The second-order valence-electron chi connectivity index (χ2n) is 5.16. The number of rotatable bonds is 4. The lowest BCUT2D eigenvalue weighted by Gasteiger charge is -2.05. The summed E-state index contributed by atoms with van der Waals surface area (Å²) in [6, 6.07) is 7.15. The molecular weight excluding hydrogens is 224 g/mol. The van der Waals surface area contributed by atoms with Crippen LogP contribution in [0.3, 0.4) is 0 Å². The molecule has 0 radical (unpaired) electrons. The van der Waals surface area contributed by atoms with Gasteiger partial charge in [0.1, 0.15) is 5.69 Å². The van der Waals surface area contributed by atoms with Crippen molar-refractivity contribution >= 4 is 0 Å². The van der Waals surface area contributed by atoms with E-state index in [9.17, 15) is 0 Å². The molecule has 1 aromatic carbocycles. The Balaban J connectivity index is 1.87. The van der Waals surface area contributed by atoms with Crippen LogP contribution < -0.4 is 5.32 Å². The number of nitrogens with zero attached hydrogens (tertiary/aromatic N) is 1. The number of nitrogens with one attached hydrogen (secondary N) is 1. The zero-order valence-corrected chi connectivity index (χ0v) is 10.9. The van der Waals surface area contributed by atoms with E-state index >= 15 is 0 Å². The van der Waals surface area contributed by atoms with Crippen LogP contribution in [0.5, 0.6) is 0 Å². The second kappa shape index (κ2) is 4.58. The van der Waals surface area contributed by atoms with Gasteiger partial charge in [-0.2, -0.15) is 0 Å². The number of hydrogen-bond donors (Lipinski definition) is 1. The molecule has 0 spiro atoms. The van der Waals surface area contributed by atoms with E-state index in [4.69, 9.17) is 4.42 Å². The van der Waals surface area contributed by atoms with Crippen molar-refractivity contribution in [2.75, 3.05) is 0 Å². The average Bonchev–Trinajstić information content (AvgIpc) is 3.02. The van der Waals surface area contributed by atoms with Gasteiger partial charge in [-0.3, -0.25) is 0 Å². The third kappa shape index (κ3) is 2.46. The lowest BCUT2D eigenvalue weighted by molar-refractivity contribution is 0.569. The standard InChI is InChI=1S/C15H18N2O/c1-10-5-11(2)7-12(6-10)15-14(17-9-18-15)8-16-13-3-4-13/h5-7,9,13,16H,3-4,8H2,1-2H3. The van der Waals surface area contributed by atoms with Gasteiger partial charge in [0, 0.05) is 18.2 Å². The van der Waals surface area contributed by atoms with Crippen LogP contribution in [0.25, 0.3) is 11.3 Å². The second-order valence-corrected chi connectivity index (χ2v) is 5.16. The van der Waals surface area contributed by atoms with Crippen LogP contribution in [0.4, 0.5) is 0 Å². The number of aryl methyl sites for hydroxylation is 2. The highest BCUT2D eigenvalue weighted by molar-refractivity contribution is 5.61. The molecule has 0 atom stereocenters. The molecule has 0 unspecified atom stereocenters. The van der Waals surface area contributed by atoms with Crippen molar-refractivity contribution < 1.29 is 4.42 Å². The van der Waals surface area contributed by atoms with Crippen LogP contribution >= 0.6 is 0 Å². The van der Waals surface area contributed by atoms with Crippen LogP contribution in [0.15, 0.2) is 29.0 Å². The van der Waals surface area contributed by atoms with Crippen LogP contribution in [0, 0.1) is 13.8 Å². The van der Waals surface area contributed by atoms with Crippen molar-refractivity contribution in [3.63, 3.8) is 0 Å². The van der Waals surface area contributed by atoms with Crippen molar-refractivity contribution in [1.82, 2.24) is 10.3 Å². The van der Waals surface area contributed by atoms with Crippen molar-refractivity contribution in [1.29, 1.82) is 0 Å². The Bertz CT molecular complexity index is 535. The number of aromatic nitrogens is 1. The van der Waals surface area contributed by atoms with Gasteiger partial charge in [0.05, 0.1) is 0 Å². The van der Waals surface area contributed by atoms with Gasteiger partial charge in [-0.25, -0.2) is 4.98 Å². The molecule has 0 bridgehead atoms. The van der Waals surface area contributed by atoms with Gasteiger partial charge in [-0.15, -0.1) is 0 Å². The maximum atomic E-state index is 5.56. The van der Waals surface area contributed by atoms with Crippen LogP contribution in [-0.2, 0) is 6.54 Å². The van der Waals surface area contributed by atoms with Gasteiger partial charge in [0.15, 0.2) is 12.2 Å². The fourth-order valence-corrected chi connectivity index (χ4v) is 2.26. The summed E-state index contributed by atoms with van der Waals surface area (Å²) in [6.45, 7) is 5.01. The Kier molecular flexibility index (Phi) is 2.92. The molecule has 3 nitrogen and oxygen atoms in total. The van der Waals surface area contributed by atoms with Gasteiger partial charge < -0.3 is 9.73 Å². The van der Waals surface area contributed by atoms with E-state index in [1.54, 1.807) is 0 Å². The third-order valence-corrected chi connectivity index (χ3v) is 3.26. The van der Waals surface area contributed by atoms with Crippen LogP contribution in [0.1, 0.15) is 29.7 Å². The van der Waals surface area contributed by atoms with Crippen LogP contribution in [0.2, 0.25) is 0 Å². The molecule has 0 saturated heterocycles. The Hall–Kier alpha value is -1.61. The molecular formula is C15H18N2O. The predicted octanol–water partition coefficient (Wildman–Crippen LogP) is 3.21. The first-order chi connectivity index (χ1) is 8.72. The first kappa shape index (κ1) is 11.5. The summed E-state index contributed by atoms with van der Waals surface area (Å²) in [7, 11) is 0. The molecule has 1 aliphatic rings. The van der Waals surface area contributed by atoms with Crippen molar-refractivity contribution in [3.05, 3.63) is 41.4 Å². The summed E-state index contributed by atoms with van der Waals surface area (Å²) < 4.78 is 5.56. The summed E-state index contributed by atoms with van der Waals surface area (Å²) >= 11 is 0. The Morgan fingerprint density at radius 3 is 2.61 bits per heavy atom. The molecule has 18 heavy (non-hydrogen) atoms. The largest absolute Gasteiger partial charge is 0.443 e. The number of benzene rings is 1. The topological polar surface area (TPSA) is 38.1 Å². The van der Waals surface area contributed by atoms with Crippen LogP contribution in [-0.4, -0.2) is 11.0 Å². The quantitative estimate of drug-likeness (QED) is 0.894. The molecule has 0 amide bonds. The predicted molar refractivity (Wildman–Crippen MR) is 71.3 cm³/mol. The van der Waals surface area contributed by atoms with Gasteiger partial charge in [-0.05, 0) is 38.8 Å². The zero-order valence-electron chi connectivity index (χ0n) is 10.9. The third-order valence-electron chi connectivity index (χ3n) is 3.26. The first-order valence-corrected chi connectivity index (χ1v) is 6.47. The highest BCUT2D eigenvalue weighted by Gasteiger charge is 2.21. The summed E-state index contributed by atoms with van der Waals surface area (Å²) in [5.74, 6) is 0.898. The van der Waals surface area contributed by atoms with Gasteiger partial charge >= 0.3 is 0 Å². The lowest BCUT2D eigenvalue weighted by atomic mass is 10.0. The van der Waals surface area contributed by atoms with Crippen molar-refractivity contribution in [2.24, 2.45) is 0 Å². The summed E-state index contributed by atoms with van der Waals surface area (Å²) in [6.07, 6.45) is 4.12.